The third-order valence-electron chi connectivity index (χ3n) is 2.93. The van der Waals surface area contributed by atoms with Crippen LogP contribution in [-0.2, 0) is 9.59 Å². The van der Waals surface area contributed by atoms with Gasteiger partial charge in [-0.1, -0.05) is 23.2 Å². The fourth-order valence-electron chi connectivity index (χ4n) is 1.89. The number of rotatable bonds is 5. The van der Waals surface area contributed by atoms with Crippen molar-refractivity contribution >= 4 is 52.1 Å². The molecule has 0 heterocycles. The molecule has 0 saturated heterocycles. The quantitative estimate of drug-likeness (QED) is 0.741. The number of hydrogen-bond donors (Lipinski definition) is 3. The van der Waals surface area contributed by atoms with Crippen LogP contribution in [0.15, 0.2) is 36.4 Å². The molecule has 3 N–H and O–H groups in total. The summed E-state index contributed by atoms with van der Waals surface area (Å²) < 4.78 is 13.5. The van der Waals surface area contributed by atoms with Crippen LogP contribution in [0.4, 0.5) is 21.5 Å². The number of benzene rings is 2. The van der Waals surface area contributed by atoms with E-state index in [1.165, 1.54) is 31.2 Å². The van der Waals surface area contributed by atoms with Crippen LogP contribution in [0.25, 0.3) is 0 Å². The molecule has 0 bridgehead atoms. The number of anilines is 3. The van der Waals surface area contributed by atoms with Gasteiger partial charge >= 0.3 is 0 Å². The topological polar surface area (TPSA) is 70.2 Å². The summed E-state index contributed by atoms with van der Waals surface area (Å²) >= 11 is 11.8. The van der Waals surface area contributed by atoms with Gasteiger partial charge in [0, 0.05) is 17.6 Å². The first-order valence-electron chi connectivity index (χ1n) is 6.91. The lowest BCUT2D eigenvalue weighted by molar-refractivity contribution is -0.115. The highest BCUT2D eigenvalue weighted by molar-refractivity contribution is 6.35. The number of carbonyl (C=O) groups excluding carboxylic acids is 2. The molecule has 2 rings (SSSR count). The molecule has 0 unspecified atom stereocenters. The van der Waals surface area contributed by atoms with Crippen molar-refractivity contribution in [2.24, 2.45) is 0 Å². The standard InChI is InChI=1S/C16H14Cl2FN3O2/c1-9(23)21-15-7-11(3-5-13(15)19)20-8-16(24)22-14-6-10(17)2-4-12(14)18/h2-7,20H,8H2,1H3,(H,21,23)(H,22,24). The molecule has 0 aliphatic rings. The normalized spacial score (nSPS) is 10.2. The van der Waals surface area contributed by atoms with E-state index in [0.717, 1.165) is 0 Å². The number of nitrogens with one attached hydrogen (secondary N) is 3. The SMILES string of the molecule is CC(=O)Nc1cc(NCC(=O)Nc2cc(Cl)ccc2Cl)ccc1F. The Morgan fingerprint density at radius 1 is 1.04 bits per heavy atom. The minimum atomic E-state index is -0.564. The Balaban J connectivity index is 1.99. The van der Waals surface area contributed by atoms with Gasteiger partial charge in [-0.05, 0) is 36.4 Å². The van der Waals surface area contributed by atoms with Crippen LogP contribution in [0.1, 0.15) is 6.92 Å². The van der Waals surface area contributed by atoms with Gasteiger partial charge in [0.2, 0.25) is 11.8 Å². The van der Waals surface area contributed by atoms with E-state index in [-0.39, 0.29) is 24.0 Å². The number of hydrogen-bond acceptors (Lipinski definition) is 3. The molecule has 2 amide bonds. The first-order chi connectivity index (χ1) is 11.3. The van der Waals surface area contributed by atoms with Crippen LogP contribution in [-0.4, -0.2) is 18.4 Å². The van der Waals surface area contributed by atoms with E-state index >= 15 is 0 Å². The van der Waals surface area contributed by atoms with Crippen molar-refractivity contribution < 1.29 is 14.0 Å². The molecule has 0 radical (unpaired) electrons. The summed E-state index contributed by atoms with van der Waals surface area (Å²) in [6.07, 6.45) is 0. The predicted octanol–water partition coefficient (Wildman–Crippen LogP) is 4.14. The molecule has 8 heteroatoms. The summed E-state index contributed by atoms with van der Waals surface area (Å²) in [5.41, 5.74) is 0.910. The molecule has 0 atom stereocenters. The molecule has 126 valence electrons. The van der Waals surface area contributed by atoms with Gasteiger partial charge < -0.3 is 16.0 Å². The van der Waals surface area contributed by atoms with Crippen LogP contribution < -0.4 is 16.0 Å². The van der Waals surface area contributed by atoms with Crippen molar-refractivity contribution in [3.05, 3.63) is 52.3 Å². The van der Waals surface area contributed by atoms with Crippen molar-refractivity contribution in [1.29, 1.82) is 0 Å². The lowest BCUT2D eigenvalue weighted by Crippen LogP contribution is -2.22. The highest BCUT2D eigenvalue weighted by Gasteiger charge is 2.08. The zero-order valence-electron chi connectivity index (χ0n) is 12.6. The van der Waals surface area contributed by atoms with Gasteiger partial charge in [0.05, 0.1) is 22.9 Å². The monoisotopic (exact) mass is 369 g/mol. The fraction of sp³-hybridized carbons (Fsp3) is 0.125. The Morgan fingerprint density at radius 2 is 1.79 bits per heavy atom. The van der Waals surface area contributed by atoms with E-state index in [1.807, 2.05) is 0 Å². The summed E-state index contributed by atoms with van der Waals surface area (Å²) in [6.45, 7) is 1.20. The highest BCUT2D eigenvalue weighted by atomic mass is 35.5. The number of amides is 2. The maximum atomic E-state index is 13.5. The Kier molecular flexibility index (Phi) is 6.00. The predicted molar refractivity (Wildman–Crippen MR) is 94.3 cm³/mol. The average Bonchev–Trinajstić information content (AvgIpc) is 2.51. The Bertz CT molecular complexity index is 784. The summed E-state index contributed by atoms with van der Waals surface area (Å²) in [4.78, 5) is 23.0. The van der Waals surface area contributed by atoms with Crippen LogP contribution in [0.3, 0.4) is 0 Å². The summed E-state index contributed by atoms with van der Waals surface area (Å²) in [7, 11) is 0. The first-order valence-corrected chi connectivity index (χ1v) is 7.66. The Labute approximate surface area is 148 Å². The minimum absolute atomic E-state index is 0.0331. The van der Waals surface area contributed by atoms with Gasteiger partial charge in [0.25, 0.3) is 0 Å². The molecule has 5 nitrogen and oxygen atoms in total. The van der Waals surface area contributed by atoms with Crippen LogP contribution >= 0.6 is 23.2 Å². The second kappa shape index (κ2) is 7.99. The molecule has 0 fully saturated rings. The second-order valence-corrected chi connectivity index (χ2v) is 5.75. The molecule has 0 aliphatic heterocycles. The van der Waals surface area contributed by atoms with Gasteiger partial charge in [-0.2, -0.15) is 0 Å². The molecule has 0 spiro atoms. The Hall–Kier alpha value is -2.31. The fourth-order valence-corrected chi connectivity index (χ4v) is 2.23. The number of halogens is 3. The highest BCUT2D eigenvalue weighted by Crippen LogP contribution is 2.25. The summed E-state index contributed by atoms with van der Waals surface area (Å²) in [5, 5.41) is 8.63. The van der Waals surface area contributed by atoms with Gasteiger partial charge in [0.15, 0.2) is 0 Å². The number of carbonyl (C=O) groups is 2. The smallest absolute Gasteiger partial charge is 0.243 e. The van der Waals surface area contributed by atoms with Gasteiger partial charge in [0.1, 0.15) is 5.82 Å². The van der Waals surface area contributed by atoms with Crippen molar-refractivity contribution in [2.45, 2.75) is 6.92 Å². The van der Waals surface area contributed by atoms with E-state index in [0.29, 0.717) is 21.4 Å². The molecule has 0 aromatic heterocycles. The maximum Gasteiger partial charge on any atom is 0.243 e. The van der Waals surface area contributed by atoms with Gasteiger partial charge in [-0.15, -0.1) is 0 Å². The van der Waals surface area contributed by atoms with Crippen LogP contribution in [0, 0.1) is 5.82 Å². The Morgan fingerprint density at radius 3 is 2.50 bits per heavy atom. The third-order valence-corrected chi connectivity index (χ3v) is 3.50. The van der Waals surface area contributed by atoms with Crippen molar-refractivity contribution in [1.82, 2.24) is 0 Å². The molecular formula is C16H14Cl2FN3O2. The van der Waals surface area contributed by atoms with Gasteiger partial charge in [-0.25, -0.2) is 4.39 Å². The van der Waals surface area contributed by atoms with Crippen LogP contribution in [0.5, 0.6) is 0 Å². The second-order valence-electron chi connectivity index (χ2n) is 4.90. The summed E-state index contributed by atoms with van der Waals surface area (Å²) in [5.74, 6) is -1.31. The molecular weight excluding hydrogens is 356 g/mol. The third kappa shape index (κ3) is 5.11. The lowest BCUT2D eigenvalue weighted by atomic mass is 10.2. The largest absolute Gasteiger partial charge is 0.376 e. The van der Waals surface area contributed by atoms with Crippen molar-refractivity contribution in [3.8, 4) is 0 Å². The van der Waals surface area contributed by atoms with E-state index < -0.39 is 5.82 Å². The minimum Gasteiger partial charge on any atom is -0.376 e. The van der Waals surface area contributed by atoms with E-state index in [2.05, 4.69) is 16.0 Å². The maximum absolute atomic E-state index is 13.5. The molecule has 2 aromatic carbocycles. The first kappa shape index (κ1) is 18.0. The lowest BCUT2D eigenvalue weighted by Gasteiger charge is -2.11. The molecule has 0 saturated carbocycles. The zero-order valence-corrected chi connectivity index (χ0v) is 14.1. The van der Waals surface area contributed by atoms with Gasteiger partial charge in [-0.3, -0.25) is 9.59 Å². The average molecular weight is 370 g/mol. The zero-order chi connectivity index (χ0) is 17.7. The molecule has 24 heavy (non-hydrogen) atoms. The van der Waals surface area contributed by atoms with Crippen LogP contribution in [0.2, 0.25) is 10.0 Å². The van der Waals surface area contributed by atoms with E-state index in [4.69, 9.17) is 23.2 Å². The van der Waals surface area contributed by atoms with Crippen molar-refractivity contribution in [3.63, 3.8) is 0 Å². The molecule has 2 aromatic rings. The van der Waals surface area contributed by atoms with Crippen molar-refractivity contribution in [2.75, 3.05) is 22.5 Å². The van der Waals surface area contributed by atoms with E-state index in [1.54, 1.807) is 12.1 Å². The summed E-state index contributed by atoms with van der Waals surface area (Å²) in [6, 6.07) is 8.77. The molecule has 0 aliphatic carbocycles. The van der Waals surface area contributed by atoms with E-state index in [9.17, 15) is 14.0 Å².